The van der Waals surface area contributed by atoms with E-state index in [2.05, 4.69) is 10.6 Å². The predicted octanol–water partition coefficient (Wildman–Crippen LogP) is 7.31. The predicted molar refractivity (Wildman–Crippen MR) is 169 cm³/mol. The molecule has 0 aromatic heterocycles. The summed E-state index contributed by atoms with van der Waals surface area (Å²) in [5.41, 5.74) is 0.950. The van der Waals surface area contributed by atoms with Gasteiger partial charge in [-0.25, -0.2) is 13.6 Å². The van der Waals surface area contributed by atoms with Gasteiger partial charge >= 0.3 is 6.09 Å². The van der Waals surface area contributed by atoms with Gasteiger partial charge < -0.3 is 25.0 Å². The van der Waals surface area contributed by atoms with Crippen molar-refractivity contribution < 1.29 is 32.6 Å². The van der Waals surface area contributed by atoms with Crippen LogP contribution in [-0.4, -0.2) is 42.7 Å². The molecular weight excluding hydrogens is 627 g/mol. The number of alkyl carbamates (subject to hydrolysis) is 1. The fourth-order valence-corrected chi connectivity index (χ4v) is 5.61. The van der Waals surface area contributed by atoms with Crippen LogP contribution >= 0.6 is 23.2 Å². The highest BCUT2D eigenvalue weighted by Gasteiger charge is 2.31. The van der Waals surface area contributed by atoms with Gasteiger partial charge in [-0.3, -0.25) is 9.59 Å². The zero-order valence-electron chi connectivity index (χ0n) is 25.2. The molecule has 3 aromatic carbocycles. The van der Waals surface area contributed by atoms with E-state index < -0.39 is 35.3 Å². The Bertz CT molecular complexity index is 1510. The van der Waals surface area contributed by atoms with E-state index in [9.17, 15) is 23.2 Å². The van der Waals surface area contributed by atoms with Gasteiger partial charge in [0, 0.05) is 24.7 Å². The van der Waals surface area contributed by atoms with Crippen molar-refractivity contribution in [3.05, 3.63) is 93.5 Å². The lowest BCUT2D eigenvalue weighted by Gasteiger charge is -2.34. The molecule has 2 N–H and O–H groups in total. The van der Waals surface area contributed by atoms with Crippen LogP contribution in [0.5, 0.6) is 0 Å². The number of amides is 3. The summed E-state index contributed by atoms with van der Waals surface area (Å²) in [4.78, 5) is 40.2. The summed E-state index contributed by atoms with van der Waals surface area (Å²) >= 11 is 13.2. The van der Waals surface area contributed by atoms with E-state index in [1.54, 1.807) is 20.8 Å². The second-order valence-electron chi connectivity index (χ2n) is 11.8. The quantitative estimate of drug-likeness (QED) is 0.238. The largest absolute Gasteiger partial charge is 0.444 e. The van der Waals surface area contributed by atoms with Crippen LogP contribution in [0, 0.1) is 17.6 Å². The highest BCUT2D eigenvalue weighted by atomic mass is 35.5. The SMILES string of the molecule is CC(C)(C)OC(=O)NC(COCc1ccccc1)C(=O)Nc1cc(Cl)c(N2CC(Cc3ccc(F)cc3F)CCC2=O)c(Cl)c1. The van der Waals surface area contributed by atoms with Crippen molar-refractivity contribution in [3.8, 4) is 0 Å². The summed E-state index contributed by atoms with van der Waals surface area (Å²) in [7, 11) is 0. The summed E-state index contributed by atoms with van der Waals surface area (Å²) in [6.45, 7) is 5.39. The van der Waals surface area contributed by atoms with Crippen LogP contribution in [0.3, 0.4) is 0 Å². The average molecular weight is 663 g/mol. The van der Waals surface area contributed by atoms with E-state index in [4.69, 9.17) is 32.7 Å². The van der Waals surface area contributed by atoms with Gasteiger partial charge in [0.1, 0.15) is 23.3 Å². The van der Waals surface area contributed by atoms with Crippen molar-refractivity contribution in [1.82, 2.24) is 5.32 Å². The van der Waals surface area contributed by atoms with Gasteiger partial charge in [-0.2, -0.15) is 0 Å². The fraction of sp³-hybridized carbons (Fsp3) is 0.364. The van der Waals surface area contributed by atoms with E-state index in [0.717, 1.165) is 11.6 Å². The topological polar surface area (TPSA) is 97.0 Å². The molecule has 1 fully saturated rings. The molecule has 1 aliphatic rings. The maximum atomic E-state index is 14.3. The Hall–Kier alpha value is -3.73. The van der Waals surface area contributed by atoms with Crippen LogP contribution in [0.25, 0.3) is 0 Å². The molecule has 0 aliphatic carbocycles. The van der Waals surface area contributed by atoms with Crippen LogP contribution in [0.2, 0.25) is 10.0 Å². The molecule has 0 saturated carbocycles. The monoisotopic (exact) mass is 661 g/mol. The molecule has 1 saturated heterocycles. The normalized spacial score (nSPS) is 15.8. The summed E-state index contributed by atoms with van der Waals surface area (Å²) in [6.07, 6.45) is 0.224. The lowest BCUT2D eigenvalue weighted by molar-refractivity contribution is -0.120. The van der Waals surface area contributed by atoms with Gasteiger partial charge in [0.05, 0.1) is 28.9 Å². The van der Waals surface area contributed by atoms with E-state index in [-0.39, 0.29) is 59.4 Å². The van der Waals surface area contributed by atoms with E-state index in [0.29, 0.717) is 18.4 Å². The number of hydrogen-bond donors (Lipinski definition) is 2. The Morgan fingerprint density at radius 1 is 1.04 bits per heavy atom. The number of nitrogens with one attached hydrogen (secondary N) is 2. The minimum atomic E-state index is -1.13. The standard InChI is InChI=1S/C33H35Cl2F2N3O5/c1-33(2,3)45-32(43)39-28(19-44-18-20-7-5-4-6-8-20)31(42)38-24-15-25(34)30(26(35)16-24)40-17-21(9-12-29(40)41)13-22-10-11-23(36)14-27(22)37/h4-8,10-11,14-16,21,28H,9,12-13,17-19H2,1-3H3,(H,38,42)(H,39,43). The van der Waals surface area contributed by atoms with Crippen molar-refractivity contribution in [1.29, 1.82) is 0 Å². The second-order valence-corrected chi connectivity index (χ2v) is 12.6. The molecule has 1 aliphatic heterocycles. The van der Waals surface area contributed by atoms with Crippen molar-refractivity contribution in [2.75, 3.05) is 23.4 Å². The van der Waals surface area contributed by atoms with Crippen LogP contribution in [0.1, 0.15) is 44.7 Å². The van der Waals surface area contributed by atoms with Gasteiger partial charge in [0.25, 0.3) is 0 Å². The number of piperidine rings is 1. The molecule has 0 bridgehead atoms. The van der Waals surface area contributed by atoms with E-state index in [1.807, 2.05) is 30.3 Å². The Morgan fingerprint density at radius 2 is 1.73 bits per heavy atom. The number of carbonyl (C=O) groups is 3. The number of rotatable bonds is 10. The first-order valence-corrected chi connectivity index (χ1v) is 15.2. The number of halogens is 4. The van der Waals surface area contributed by atoms with Gasteiger partial charge in [-0.15, -0.1) is 0 Å². The Labute approximate surface area is 271 Å². The Kier molecular flexibility index (Phi) is 11.4. The lowest BCUT2D eigenvalue weighted by Crippen LogP contribution is -2.48. The maximum absolute atomic E-state index is 14.3. The first-order valence-electron chi connectivity index (χ1n) is 14.4. The molecule has 8 nitrogen and oxygen atoms in total. The van der Waals surface area contributed by atoms with Crippen molar-refractivity contribution in [3.63, 3.8) is 0 Å². The summed E-state index contributed by atoms with van der Waals surface area (Å²) < 4.78 is 38.7. The van der Waals surface area contributed by atoms with Crippen LogP contribution < -0.4 is 15.5 Å². The zero-order valence-corrected chi connectivity index (χ0v) is 26.7. The number of carbonyl (C=O) groups excluding carboxylic acids is 3. The first kappa shape index (κ1) is 34.1. The van der Waals surface area contributed by atoms with Gasteiger partial charge in [0.2, 0.25) is 11.8 Å². The van der Waals surface area contributed by atoms with Crippen molar-refractivity contribution in [2.45, 2.75) is 58.3 Å². The molecule has 1 heterocycles. The molecule has 2 atom stereocenters. The number of hydrogen-bond acceptors (Lipinski definition) is 5. The third kappa shape index (κ3) is 9.88. The molecule has 3 amide bonds. The third-order valence-electron chi connectivity index (χ3n) is 6.99. The molecule has 12 heteroatoms. The minimum absolute atomic E-state index is 0.108. The average Bonchev–Trinajstić information content (AvgIpc) is 2.95. The number of anilines is 2. The van der Waals surface area contributed by atoms with Gasteiger partial charge in [-0.1, -0.05) is 59.6 Å². The molecule has 240 valence electrons. The smallest absolute Gasteiger partial charge is 0.408 e. The lowest BCUT2D eigenvalue weighted by atomic mass is 9.90. The highest BCUT2D eigenvalue weighted by molar-refractivity contribution is 6.40. The Balaban J connectivity index is 1.47. The van der Waals surface area contributed by atoms with Crippen molar-refractivity contribution in [2.24, 2.45) is 5.92 Å². The molecule has 0 radical (unpaired) electrons. The number of benzene rings is 3. The molecule has 45 heavy (non-hydrogen) atoms. The van der Waals surface area contributed by atoms with Crippen LogP contribution in [0.4, 0.5) is 25.0 Å². The molecule has 3 aromatic rings. The van der Waals surface area contributed by atoms with Gasteiger partial charge in [0.15, 0.2) is 0 Å². The first-order chi connectivity index (χ1) is 21.3. The molecule has 0 spiro atoms. The van der Waals surface area contributed by atoms with Crippen LogP contribution in [-0.2, 0) is 32.1 Å². The molecule has 2 unspecified atom stereocenters. The minimum Gasteiger partial charge on any atom is -0.444 e. The number of ether oxygens (including phenoxy) is 2. The fourth-order valence-electron chi connectivity index (χ4n) is 4.92. The second kappa shape index (κ2) is 15.0. The Morgan fingerprint density at radius 3 is 2.38 bits per heavy atom. The van der Waals surface area contributed by atoms with Crippen molar-refractivity contribution >= 4 is 52.5 Å². The van der Waals surface area contributed by atoms with E-state index >= 15 is 0 Å². The van der Waals surface area contributed by atoms with Gasteiger partial charge in [-0.05, 0) is 68.9 Å². The summed E-state index contributed by atoms with van der Waals surface area (Å²) in [5, 5.41) is 5.46. The highest BCUT2D eigenvalue weighted by Crippen LogP contribution is 2.39. The number of nitrogens with zero attached hydrogens (tertiary/aromatic N) is 1. The molecular formula is C33H35Cl2F2N3O5. The molecule has 4 rings (SSSR count). The van der Waals surface area contributed by atoms with Crippen LogP contribution in [0.15, 0.2) is 60.7 Å². The zero-order chi connectivity index (χ0) is 32.7. The van der Waals surface area contributed by atoms with E-state index in [1.165, 1.54) is 29.2 Å². The summed E-state index contributed by atoms with van der Waals surface area (Å²) in [6, 6.07) is 14.6. The third-order valence-corrected chi connectivity index (χ3v) is 7.57. The maximum Gasteiger partial charge on any atom is 0.408 e. The summed E-state index contributed by atoms with van der Waals surface area (Å²) in [5.74, 6) is -2.23.